The minimum absolute atomic E-state index is 0.460. The van der Waals surface area contributed by atoms with E-state index >= 15 is 0 Å². The number of nitrogens with zero attached hydrogens (tertiary/aromatic N) is 1. The Hall–Kier alpha value is -1.06. The Labute approximate surface area is 116 Å². The predicted molar refractivity (Wildman–Crippen MR) is 77.6 cm³/mol. The van der Waals surface area contributed by atoms with E-state index in [9.17, 15) is 5.11 Å². The summed E-state index contributed by atoms with van der Waals surface area (Å²) in [5, 5.41) is 10.3. The normalized spacial score (nSPS) is 17.9. The molecule has 106 valence electrons. The molecule has 0 amide bonds. The zero-order chi connectivity index (χ0) is 13.7. The van der Waals surface area contributed by atoms with Crippen LogP contribution in [0.2, 0.25) is 0 Å². The van der Waals surface area contributed by atoms with Crippen LogP contribution in [0.4, 0.5) is 0 Å². The topological polar surface area (TPSA) is 32.7 Å². The maximum Gasteiger partial charge on any atom is 0.119 e. The monoisotopic (exact) mass is 263 g/mol. The van der Waals surface area contributed by atoms with Crippen molar-refractivity contribution in [1.82, 2.24) is 4.90 Å². The largest absolute Gasteiger partial charge is 0.492 e. The van der Waals surface area contributed by atoms with Gasteiger partial charge in [0.25, 0.3) is 0 Å². The van der Waals surface area contributed by atoms with Gasteiger partial charge in [0.1, 0.15) is 12.4 Å². The number of aryl methyl sites for hydroxylation is 1. The minimum atomic E-state index is -0.460. The Morgan fingerprint density at radius 3 is 2.47 bits per heavy atom. The van der Waals surface area contributed by atoms with E-state index in [4.69, 9.17) is 4.74 Å². The number of hydrogen-bond acceptors (Lipinski definition) is 3. The fraction of sp³-hybridized carbons (Fsp3) is 0.625. The summed E-state index contributed by atoms with van der Waals surface area (Å²) in [6.07, 6.45) is 4.20. The molecule has 19 heavy (non-hydrogen) atoms. The van der Waals surface area contributed by atoms with Gasteiger partial charge in [0.05, 0.1) is 5.60 Å². The second kappa shape index (κ2) is 6.40. The molecule has 2 rings (SSSR count). The van der Waals surface area contributed by atoms with Gasteiger partial charge < -0.3 is 14.7 Å². The van der Waals surface area contributed by atoms with Gasteiger partial charge >= 0.3 is 0 Å². The molecule has 3 nitrogen and oxygen atoms in total. The van der Waals surface area contributed by atoms with Crippen molar-refractivity contribution in [3.8, 4) is 5.75 Å². The van der Waals surface area contributed by atoms with Gasteiger partial charge in [-0.2, -0.15) is 0 Å². The standard InChI is InChI=1S/C16H25NO2/c1-14-5-7-15(8-6-14)19-12-11-17(2)13-16(18)9-3-4-10-16/h5-8,18H,3-4,9-13H2,1-2H3. The average Bonchev–Trinajstić information content (AvgIpc) is 2.78. The van der Waals surface area contributed by atoms with Crippen LogP contribution < -0.4 is 4.74 Å². The predicted octanol–water partition coefficient (Wildman–Crippen LogP) is 2.61. The summed E-state index contributed by atoms with van der Waals surface area (Å²) in [6.45, 7) is 4.33. The molecule has 0 heterocycles. The highest BCUT2D eigenvalue weighted by atomic mass is 16.5. The lowest BCUT2D eigenvalue weighted by Crippen LogP contribution is -2.40. The van der Waals surface area contributed by atoms with Gasteiger partial charge in [0.2, 0.25) is 0 Å². The van der Waals surface area contributed by atoms with Crippen LogP contribution in [0.3, 0.4) is 0 Å². The van der Waals surface area contributed by atoms with Gasteiger partial charge in [-0.15, -0.1) is 0 Å². The average molecular weight is 263 g/mol. The Bertz CT molecular complexity index is 382. The first kappa shape index (κ1) is 14.4. The summed E-state index contributed by atoms with van der Waals surface area (Å²) in [5.41, 5.74) is 0.784. The van der Waals surface area contributed by atoms with Crippen molar-refractivity contribution in [2.24, 2.45) is 0 Å². The van der Waals surface area contributed by atoms with E-state index in [0.717, 1.165) is 44.5 Å². The van der Waals surface area contributed by atoms with Crippen molar-refractivity contribution in [2.45, 2.75) is 38.2 Å². The smallest absolute Gasteiger partial charge is 0.119 e. The molecular weight excluding hydrogens is 238 g/mol. The first-order valence-corrected chi connectivity index (χ1v) is 7.18. The van der Waals surface area contributed by atoms with E-state index in [1.165, 1.54) is 5.56 Å². The van der Waals surface area contributed by atoms with Crippen LogP contribution in [-0.2, 0) is 0 Å². The zero-order valence-corrected chi connectivity index (χ0v) is 12.1. The maximum absolute atomic E-state index is 10.3. The highest BCUT2D eigenvalue weighted by Crippen LogP contribution is 2.29. The van der Waals surface area contributed by atoms with Crippen LogP contribution in [0.15, 0.2) is 24.3 Å². The van der Waals surface area contributed by atoms with Crippen LogP contribution in [0.25, 0.3) is 0 Å². The molecule has 0 spiro atoms. The summed E-state index contributed by atoms with van der Waals surface area (Å²) in [4.78, 5) is 2.17. The Morgan fingerprint density at radius 1 is 1.21 bits per heavy atom. The lowest BCUT2D eigenvalue weighted by molar-refractivity contribution is 0.0139. The van der Waals surface area contributed by atoms with E-state index in [0.29, 0.717) is 6.61 Å². The number of hydrogen-bond donors (Lipinski definition) is 1. The summed E-state index contributed by atoms with van der Waals surface area (Å²) in [7, 11) is 2.05. The van der Waals surface area contributed by atoms with E-state index in [2.05, 4.69) is 31.0 Å². The number of ether oxygens (including phenoxy) is 1. The second-order valence-corrected chi connectivity index (χ2v) is 5.83. The third kappa shape index (κ3) is 4.51. The van der Waals surface area contributed by atoms with Crippen molar-refractivity contribution in [2.75, 3.05) is 26.7 Å². The highest BCUT2D eigenvalue weighted by Gasteiger charge is 2.31. The SMILES string of the molecule is Cc1ccc(OCCN(C)CC2(O)CCCC2)cc1. The summed E-state index contributed by atoms with van der Waals surface area (Å²) in [6, 6.07) is 8.11. The second-order valence-electron chi connectivity index (χ2n) is 5.83. The van der Waals surface area contributed by atoms with Crippen molar-refractivity contribution < 1.29 is 9.84 Å². The summed E-state index contributed by atoms with van der Waals surface area (Å²) < 4.78 is 5.71. The van der Waals surface area contributed by atoms with Crippen LogP contribution in [0, 0.1) is 6.92 Å². The fourth-order valence-electron chi connectivity index (χ4n) is 2.73. The molecule has 0 aromatic heterocycles. The lowest BCUT2D eigenvalue weighted by Gasteiger charge is -2.28. The molecule has 0 unspecified atom stereocenters. The Morgan fingerprint density at radius 2 is 1.84 bits per heavy atom. The van der Waals surface area contributed by atoms with E-state index < -0.39 is 5.60 Å². The summed E-state index contributed by atoms with van der Waals surface area (Å²) in [5.74, 6) is 0.915. The molecule has 1 saturated carbocycles. The molecule has 1 fully saturated rings. The van der Waals surface area contributed by atoms with Crippen molar-refractivity contribution in [1.29, 1.82) is 0 Å². The Balaban J connectivity index is 1.69. The quantitative estimate of drug-likeness (QED) is 0.856. The molecule has 0 aliphatic heterocycles. The van der Waals surface area contributed by atoms with Crippen molar-refractivity contribution in [3.63, 3.8) is 0 Å². The molecule has 1 aliphatic carbocycles. The first-order chi connectivity index (χ1) is 9.07. The highest BCUT2D eigenvalue weighted by molar-refractivity contribution is 5.26. The third-order valence-corrected chi connectivity index (χ3v) is 3.86. The van der Waals surface area contributed by atoms with Gasteiger partial charge in [-0.05, 0) is 38.9 Å². The maximum atomic E-state index is 10.3. The van der Waals surface area contributed by atoms with Gasteiger partial charge in [0.15, 0.2) is 0 Å². The molecule has 0 bridgehead atoms. The third-order valence-electron chi connectivity index (χ3n) is 3.86. The van der Waals surface area contributed by atoms with Crippen molar-refractivity contribution in [3.05, 3.63) is 29.8 Å². The van der Waals surface area contributed by atoms with Gasteiger partial charge in [-0.3, -0.25) is 0 Å². The van der Waals surface area contributed by atoms with Crippen LogP contribution in [0.1, 0.15) is 31.2 Å². The number of likely N-dealkylation sites (N-methyl/N-ethyl adjacent to an activating group) is 1. The number of aliphatic hydroxyl groups is 1. The molecule has 0 atom stereocenters. The zero-order valence-electron chi connectivity index (χ0n) is 12.1. The molecule has 0 saturated heterocycles. The van der Waals surface area contributed by atoms with E-state index in [1.54, 1.807) is 0 Å². The molecular formula is C16H25NO2. The van der Waals surface area contributed by atoms with Crippen LogP contribution >= 0.6 is 0 Å². The molecule has 3 heteroatoms. The summed E-state index contributed by atoms with van der Waals surface area (Å²) >= 11 is 0. The van der Waals surface area contributed by atoms with Crippen LogP contribution in [-0.4, -0.2) is 42.4 Å². The number of benzene rings is 1. The van der Waals surface area contributed by atoms with Crippen molar-refractivity contribution >= 4 is 0 Å². The van der Waals surface area contributed by atoms with Crippen LogP contribution in [0.5, 0.6) is 5.75 Å². The molecule has 0 radical (unpaired) electrons. The van der Waals surface area contributed by atoms with E-state index in [-0.39, 0.29) is 0 Å². The van der Waals surface area contributed by atoms with Gasteiger partial charge in [-0.1, -0.05) is 30.5 Å². The lowest BCUT2D eigenvalue weighted by atomic mass is 10.0. The minimum Gasteiger partial charge on any atom is -0.492 e. The molecule has 1 N–H and O–H groups in total. The number of rotatable bonds is 6. The molecule has 1 aromatic carbocycles. The first-order valence-electron chi connectivity index (χ1n) is 7.18. The van der Waals surface area contributed by atoms with E-state index in [1.807, 2.05) is 12.1 Å². The molecule has 1 aliphatic rings. The Kier molecular flexibility index (Phi) is 4.83. The molecule has 1 aromatic rings. The van der Waals surface area contributed by atoms with Gasteiger partial charge in [0, 0.05) is 13.1 Å². The fourth-order valence-corrected chi connectivity index (χ4v) is 2.73. The van der Waals surface area contributed by atoms with Gasteiger partial charge in [-0.25, -0.2) is 0 Å².